The van der Waals surface area contributed by atoms with Crippen molar-refractivity contribution >= 4 is 11.7 Å². The van der Waals surface area contributed by atoms with Gasteiger partial charge in [-0.25, -0.2) is 0 Å². The first-order chi connectivity index (χ1) is 11.3. The second-order valence-corrected chi connectivity index (χ2v) is 7.28. The van der Waals surface area contributed by atoms with E-state index in [1.807, 2.05) is 32.9 Å². The lowest BCUT2D eigenvalue weighted by molar-refractivity contribution is 0.0883. The quantitative estimate of drug-likeness (QED) is 0.935. The lowest BCUT2D eigenvalue weighted by atomic mass is 9.76. The number of nitrogens with zero attached hydrogens (tertiary/aromatic N) is 1. The van der Waals surface area contributed by atoms with Crippen molar-refractivity contribution in [1.82, 2.24) is 10.3 Å². The summed E-state index contributed by atoms with van der Waals surface area (Å²) >= 11 is 0. The van der Waals surface area contributed by atoms with Gasteiger partial charge in [-0.05, 0) is 30.9 Å². The summed E-state index contributed by atoms with van der Waals surface area (Å²) in [4.78, 5) is 29.1. The molecule has 0 saturated heterocycles. The van der Waals surface area contributed by atoms with Gasteiger partial charge in [0, 0.05) is 30.8 Å². The third kappa shape index (κ3) is 2.98. The highest BCUT2D eigenvalue weighted by molar-refractivity contribution is 6.03. The number of nitrogens with one attached hydrogen (secondary N) is 1. The Morgan fingerprint density at radius 3 is 2.79 bits per heavy atom. The van der Waals surface area contributed by atoms with Crippen LogP contribution in [0.2, 0.25) is 0 Å². The minimum Gasteiger partial charge on any atom is -0.455 e. The molecular weight excluding hydrogens is 304 g/mol. The standard InChI is InChI=1S/C19H22N2O3/c1-11-16-14(22)8-19(3,4)9-15(16)24-17(11)18(23)21-12(2)13-6-5-7-20-10-13/h5-7,10,12H,8-9H2,1-4H3,(H,21,23). The highest BCUT2D eigenvalue weighted by Gasteiger charge is 2.37. The predicted molar refractivity (Wildman–Crippen MR) is 90.0 cm³/mol. The number of carbonyl (C=O) groups excluding carboxylic acids is 2. The molecule has 0 spiro atoms. The molecule has 1 unspecified atom stereocenters. The van der Waals surface area contributed by atoms with Gasteiger partial charge in [0.25, 0.3) is 5.91 Å². The number of furan rings is 1. The van der Waals surface area contributed by atoms with Crippen LogP contribution in [0.15, 0.2) is 28.9 Å². The Labute approximate surface area is 141 Å². The van der Waals surface area contributed by atoms with Crippen LogP contribution >= 0.6 is 0 Å². The second kappa shape index (κ2) is 5.89. The molecule has 0 fully saturated rings. The smallest absolute Gasteiger partial charge is 0.287 e. The number of hydrogen-bond acceptors (Lipinski definition) is 4. The van der Waals surface area contributed by atoms with Gasteiger partial charge in [0.1, 0.15) is 5.76 Å². The fourth-order valence-corrected chi connectivity index (χ4v) is 3.28. The molecule has 1 atom stereocenters. The third-order valence-electron chi connectivity index (χ3n) is 4.51. The van der Waals surface area contributed by atoms with E-state index in [0.717, 1.165) is 5.56 Å². The molecule has 0 aliphatic heterocycles. The molecule has 24 heavy (non-hydrogen) atoms. The van der Waals surface area contributed by atoms with E-state index in [-0.39, 0.29) is 28.9 Å². The molecule has 5 heteroatoms. The molecule has 2 heterocycles. The maximum atomic E-state index is 12.6. The van der Waals surface area contributed by atoms with Crippen LogP contribution in [0.3, 0.4) is 0 Å². The summed E-state index contributed by atoms with van der Waals surface area (Å²) in [6.45, 7) is 7.75. The average Bonchev–Trinajstić information content (AvgIpc) is 2.83. The minimum atomic E-state index is -0.302. The first-order valence-corrected chi connectivity index (χ1v) is 8.15. The van der Waals surface area contributed by atoms with Gasteiger partial charge in [0.2, 0.25) is 0 Å². The van der Waals surface area contributed by atoms with Gasteiger partial charge in [0.05, 0.1) is 11.6 Å². The van der Waals surface area contributed by atoms with Crippen molar-refractivity contribution in [2.24, 2.45) is 5.41 Å². The van der Waals surface area contributed by atoms with Crippen molar-refractivity contribution in [2.75, 3.05) is 0 Å². The maximum absolute atomic E-state index is 12.6. The molecule has 1 amide bonds. The van der Waals surface area contributed by atoms with E-state index in [0.29, 0.717) is 29.7 Å². The maximum Gasteiger partial charge on any atom is 0.287 e. The lowest BCUT2D eigenvalue weighted by Gasteiger charge is -2.27. The number of carbonyl (C=O) groups is 2. The van der Waals surface area contributed by atoms with Crippen LogP contribution in [0.5, 0.6) is 0 Å². The minimum absolute atomic E-state index is 0.0573. The molecule has 2 aromatic rings. The number of aromatic nitrogens is 1. The van der Waals surface area contributed by atoms with Gasteiger partial charge >= 0.3 is 0 Å². The summed E-state index contributed by atoms with van der Waals surface area (Å²) in [7, 11) is 0. The number of Topliss-reactive ketones (excluding diaryl/α,β-unsaturated/α-hetero) is 1. The normalized spacial score (nSPS) is 17.2. The SMILES string of the molecule is Cc1c(C(=O)NC(C)c2cccnc2)oc2c1C(=O)CC(C)(C)C2. The summed E-state index contributed by atoms with van der Waals surface area (Å²) in [6.07, 6.45) is 4.56. The van der Waals surface area contributed by atoms with Crippen molar-refractivity contribution in [3.05, 3.63) is 52.7 Å². The summed E-state index contributed by atoms with van der Waals surface area (Å²) in [5, 5.41) is 2.91. The van der Waals surface area contributed by atoms with Gasteiger partial charge in [-0.1, -0.05) is 19.9 Å². The van der Waals surface area contributed by atoms with E-state index in [2.05, 4.69) is 10.3 Å². The zero-order chi connectivity index (χ0) is 17.5. The van der Waals surface area contributed by atoms with Crippen molar-refractivity contribution < 1.29 is 14.0 Å². The molecule has 0 bridgehead atoms. The number of ketones is 1. The summed E-state index contributed by atoms with van der Waals surface area (Å²) < 4.78 is 5.79. The van der Waals surface area contributed by atoms with Crippen LogP contribution in [0.1, 0.15) is 71.0 Å². The van der Waals surface area contributed by atoms with Crippen LogP contribution in [0.4, 0.5) is 0 Å². The van der Waals surface area contributed by atoms with E-state index >= 15 is 0 Å². The highest BCUT2D eigenvalue weighted by atomic mass is 16.4. The molecule has 0 saturated carbocycles. The molecule has 1 aliphatic carbocycles. The Balaban J connectivity index is 1.86. The van der Waals surface area contributed by atoms with Gasteiger partial charge in [-0.3, -0.25) is 14.6 Å². The Morgan fingerprint density at radius 1 is 1.38 bits per heavy atom. The zero-order valence-corrected chi connectivity index (χ0v) is 14.5. The average molecular weight is 326 g/mol. The van der Waals surface area contributed by atoms with E-state index < -0.39 is 0 Å². The fourth-order valence-electron chi connectivity index (χ4n) is 3.28. The van der Waals surface area contributed by atoms with Gasteiger partial charge in [-0.2, -0.15) is 0 Å². The molecule has 2 aromatic heterocycles. The van der Waals surface area contributed by atoms with Gasteiger partial charge in [-0.15, -0.1) is 0 Å². The molecule has 0 radical (unpaired) electrons. The van der Waals surface area contributed by atoms with E-state index in [9.17, 15) is 9.59 Å². The van der Waals surface area contributed by atoms with Crippen molar-refractivity contribution in [3.63, 3.8) is 0 Å². The predicted octanol–water partition coefficient (Wildman–Crippen LogP) is 3.63. The van der Waals surface area contributed by atoms with Crippen LogP contribution < -0.4 is 5.32 Å². The topological polar surface area (TPSA) is 72.2 Å². The number of amides is 1. The molecule has 0 aromatic carbocycles. The first-order valence-electron chi connectivity index (χ1n) is 8.15. The molecule has 5 nitrogen and oxygen atoms in total. The van der Waals surface area contributed by atoms with E-state index in [1.54, 1.807) is 19.3 Å². The van der Waals surface area contributed by atoms with Crippen molar-refractivity contribution in [2.45, 2.75) is 46.6 Å². The van der Waals surface area contributed by atoms with Crippen molar-refractivity contribution in [1.29, 1.82) is 0 Å². The fraction of sp³-hybridized carbons (Fsp3) is 0.421. The molecule has 1 aliphatic rings. The second-order valence-electron chi connectivity index (χ2n) is 7.28. The Hall–Kier alpha value is -2.43. The van der Waals surface area contributed by atoms with E-state index in [4.69, 9.17) is 4.42 Å². The summed E-state index contributed by atoms with van der Waals surface area (Å²) in [5.74, 6) is 0.625. The van der Waals surface area contributed by atoms with Crippen LogP contribution in [-0.4, -0.2) is 16.7 Å². The highest BCUT2D eigenvalue weighted by Crippen LogP contribution is 2.38. The molecule has 126 valence electrons. The number of hydrogen-bond donors (Lipinski definition) is 1. The Bertz CT molecular complexity index is 790. The summed E-state index contributed by atoms with van der Waals surface area (Å²) in [6, 6.07) is 3.54. The Kier molecular flexibility index (Phi) is 4.03. The van der Waals surface area contributed by atoms with Crippen LogP contribution in [0.25, 0.3) is 0 Å². The number of pyridine rings is 1. The van der Waals surface area contributed by atoms with Gasteiger partial charge < -0.3 is 9.73 Å². The zero-order valence-electron chi connectivity index (χ0n) is 14.5. The van der Waals surface area contributed by atoms with Crippen molar-refractivity contribution in [3.8, 4) is 0 Å². The van der Waals surface area contributed by atoms with E-state index in [1.165, 1.54) is 0 Å². The monoisotopic (exact) mass is 326 g/mol. The number of fused-ring (bicyclic) bond motifs is 1. The summed E-state index contributed by atoms with van der Waals surface area (Å²) in [5.41, 5.74) is 2.01. The first kappa shape index (κ1) is 16.4. The number of rotatable bonds is 3. The lowest BCUT2D eigenvalue weighted by Crippen LogP contribution is -2.27. The molecule has 3 rings (SSSR count). The third-order valence-corrected chi connectivity index (χ3v) is 4.51. The largest absolute Gasteiger partial charge is 0.455 e. The molecule has 1 N–H and O–H groups in total. The van der Waals surface area contributed by atoms with Crippen LogP contribution in [0, 0.1) is 12.3 Å². The van der Waals surface area contributed by atoms with Crippen LogP contribution in [-0.2, 0) is 6.42 Å². The van der Waals surface area contributed by atoms with Gasteiger partial charge in [0.15, 0.2) is 11.5 Å². The Morgan fingerprint density at radius 2 is 2.12 bits per heavy atom. The molecular formula is C19H22N2O3.